The van der Waals surface area contributed by atoms with Crippen LogP contribution in [0.3, 0.4) is 0 Å². The molecule has 3 rings (SSSR count). The SMILES string of the molecule is CNC(=O)[C@@H](Cc1ccccc1F)N(C)C(=O)[C@@H](Cc1ccccc1-c1ccccc1)N(C)C(=O)COCC(C)(C)N. The van der Waals surface area contributed by atoms with Crippen LogP contribution in [0.2, 0.25) is 0 Å². The van der Waals surface area contributed by atoms with Crippen LogP contribution in [0.5, 0.6) is 0 Å². The lowest BCUT2D eigenvalue weighted by Crippen LogP contribution is -2.56. The summed E-state index contributed by atoms with van der Waals surface area (Å²) in [6, 6.07) is 21.6. The van der Waals surface area contributed by atoms with Crippen LogP contribution >= 0.6 is 0 Å². The second kappa shape index (κ2) is 14.7. The standard InChI is InChI=1S/C33H41FN4O4/c1-33(2,35)22-42-21-30(39)37(4)29(19-24-15-9-11-17-26(24)23-13-7-6-8-14-23)32(41)38(5)28(31(40)36-3)20-25-16-10-12-18-27(25)34/h6-18,28-29H,19-22,35H2,1-5H3,(H,36,40)/t28-,29-/m1/s1. The first-order chi connectivity index (χ1) is 19.9. The third-order valence-electron chi connectivity index (χ3n) is 7.10. The fourth-order valence-electron chi connectivity index (χ4n) is 4.71. The van der Waals surface area contributed by atoms with Gasteiger partial charge < -0.3 is 25.6 Å². The summed E-state index contributed by atoms with van der Waals surface area (Å²) < 4.78 is 20.1. The molecule has 0 aromatic heterocycles. The van der Waals surface area contributed by atoms with E-state index in [1.807, 2.05) is 54.6 Å². The number of carbonyl (C=O) groups is 3. The number of amides is 3. The van der Waals surface area contributed by atoms with Crippen molar-refractivity contribution in [2.24, 2.45) is 5.73 Å². The van der Waals surface area contributed by atoms with E-state index in [9.17, 15) is 18.8 Å². The smallest absolute Gasteiger partial charge is 0.249 e. The largest absolute Gasteiger partial charge is 0.370 e. The molecule has 3 N–H and O–H groups in total. The lowest BCUT2D eigenvalue weighted by molar-refractivity contribution is -0.149. The molecule has 3 aromatic rings. The zero-order valence-corrected chi connectivity index (χ0v) is 25.0. The third kappa shape index (κ3) is 8.71. The third-order valence-corrected chi connectivity index (χ3v) is 7.10. The van der Waals surface area contributed by atoms with Crippen LogP contribution in [0.25, 0.3) is 11.1 Å². The second-order valence-corrected chi connectivity index (χ2v) is 11.1. The van der Waals surface area contributed by atoms with Gasteiger partial charge in [-0.1, -0.05) is 72.8 Å². The summed E-state index contributed by atoms with van der Waals surface area (Å²) in [4.78, 5) is 43.2. The van der Waals surface area contributed by atoms with E-state index in [4.69, 9.17) is 10.5 Å². The van der Waals surface area contributed by atoms with Crippen molar-refractivity contribution < 1.29 is 23.5 Å². The van der Waals surface area contributed by atoms with Crippen molar-refractivity contribution in [3.8, 4) is 11.1 Å². The van der Waals surface area contributed by atoms with E-state index in [2.05, 4.69) is 5.32 Å². The van der Waals surface area contributed by atoms with Crippen LogP contribution in [-0.4, -0.2) is 79.5 Å². The van der Waals surface area contributed by atoms with Crippen LogP contribution in [0.1, 0.15) is 25.0 Å². The van der Waals surface area contributed by atoms with E-state index in [0.29, 0.717) is 5.56 Å². The molecule has 0 heterocycles. The Labute approximate surface area is 247 Å². The number of nitrogens with zero attached hydrogens (tertiary/aromatic N) is 2. The number of carbonyl (C=O) groups excluding carboxylic acids is 3. The van der Waals surface area contributed by atoms with Crippen molar-refractivity contribution in [1.82, 2.24) is 15.1 Å². The number of hydrogen-bond donors (Lipinski definition) is 2. The average Bonchev–Trinajstić information content (AvgIpc) is 2.98. The molecule has 0 bridgehead atoms. The Kier molecular flexibility index (Phi) is 11.4. The maximum absolute atomic E-state index is 14.6. The van der Waals surface area contributed by atoms with Gasteiger partial charge in [0.25, 0.3) is 0 Å². The molecule has 224 valence electrons. The zero-order chi connectivity index (χ0) is 30.9. The number of likely N-dealkylation sites (N-methyl/N-ethyl adjacent to an activating group) is 3. The Balaban J connectivity index is 1.97. The van der Waals surface area contributed by atoms with Gasteiger partial charge in [0.15, 0.2) is 0 Å². The topological polar surface area (TPSA) is 105 Å². The van der Waals surface area contributed by atoms with Crippen LogP contribution in [-0.2, 0) is 32.0 Å². The van der Waals surface area contributed by atoms with Crippen molar-refractivity contribution in [3.05, 3.63) is 95.8 Å². The number of ether oxygens (including phenoxy) is 1. The zero-order valence-electron chi connectivity index (χ0n) is 25.0. The number of nitrogens with one attached hydrogen (secondary N) is 1. The van der Waals surface area contributed by atoms with Crippen LogP contribution in [0.15, 0.2) is 78.9 Å². The maximum Gasteiger partial charge on any atom is 0.249 e. The minimum absolute atomic E-state index is 0.0335. The predicted octanol–water partition coefficient (Wildman–Crippen LogP) is 3.43. The van der Waals surface area contributed by atoms with E-state index in [1.165, 1.54) is 30.0 Å². The number of hydrogen-bond acceptors (Lipinski definition) is 5. The molecule has 9 heteroatoms. The maximum atomic E-state index is 14.6. The molecular formula is C33H41FN4O4. The first-order valence-corrected chi connectivity index (χ1v) is 13.9. The van der Waals surface area contributed by atoms with E-state index in [0.717, 1.165) is 16.7 Å². The molecule has 3 amide bonds. The molecule has 0 aliphatic rings. The van der Waals surface area contributed by atoms with Gasteiger partial charge >= 0.3 is 0 Å². The predicted molar refractivity (Wildman–Crippen MR) is 162 cm³/mol. The number of rotatable bonds is 13. The minimum atomic E-state index is -1.01. The minimum Gasteiger partial charge on any atom is -0.370 e. The van der Waals surface area contributed by atoms with Crippen LogP contribution < -0.4 is 11.1 Å². The van der Waals surface area contributed by atoms with Gasteiger partial charge in [0, 0.05) is 39.5 Å². The highest BCUT2D eigenvalue weighted by atomic mass is 19.1. The fourth-order valence-corrected chi connectivity index (χ4v) is 4.71. The van der Waals surface area contributed by atoms with Gasteiger partial charge in [0.05, 0.1) is 6.61 Å². The van der Waals surface area contributed by atoms with Crippen molar-refractivity contribution in [3.63, 3.8) is 0 Å². The summed E-state index contributed by atoms with van der Waals surface area (Å²) in [5, 5.41) is 2.59. The van der Waals surface area contributed by atoms with Crippen molar-refractivity contribution in [1.29, 1.82) is 0 Å². The second-order valence-electron chi connectivity index (χ2n) is 11.1. The highest BCUT2D eigenvalue weighted by Crippen LogP contribution is 2.26. The van der Waals surface area contributed by atoms with E-state index < -0.39 is 41.2 Å². The molecule has 0 unspecified atom stereocenters. The van der Waals surface area contributed by atoms with E-state index >= 15 is 0 Å². The molecule has 2 atom stereocenters. The molecule has 0 saturated carbocycles. The molecule has 0 spiro atoms. The van der Waals surface area contributed by atoms with Gasteiger partial charge in [0.2, 0.25) is 17.7 Å². The van der Waals surface area contributed by atoms with Gasteiger partial charge in [-0.15, -0.1) is 0 Å². The molecule has 3 aromatic carbocycles. The molecule has 8 nitrogen and oxygen atoms in total. The summed E-state index contributed by atoms with van der Waals surface area (Å²) in [6.07, 6.45) is 0.146. The molecule has 0 aliphatic heterocycles. The number of benzene rings is 3. The van der Waals surface area contributed by atoms with Gasteiger partial charge in [-0.05, 0) is 42.2 Å². The van der Waals surface area contributed by atoms with Gasteiger partial charge in [-0.3, -0.25) is 14.4 Å². The monoisotopic (exact) mass is 576 g/mol. The van der Waals surface area contributed by atoms with Gasteiger partial charge in [0.1, 0.15) is 24.5 Å². The summed E-state index contributed by atoms with van der Waals surface area (Å²) >= 11 is 0. The summed E-state index contributed by atoms with van der Waals surface area (Å²) in [5.41, 5.74) is 8.42. The van der Waals surface area contributed by atoms with Gasteiger partial charge in [-0.25, -0.2) is 4.39 Å². The van der Waals surface area contributed by atoms with Crippen molar-refractivity contribution in [2.75, 3.05) is 34.4 Å². The van der Waals surface area contributed by atoms with Gasteiger partial charge in [-0.2, -0.15) is 0 Å². The quantitative estimate of drug-likeness (QED) is 0.325. The Hall–Kier alpha value is -4.08. The first kappa shape index (κ1) is 32.4. The highest BCUT2D eigenvalue weighted by molar-refractivity contribution is 5.92. The fraction of sp³-hybridized carbons (Fsp3) is 0.364. The Morgan fingerprint density at radius 2 is 1.43 bits per heavy atom. The number of halogens is 1. The lowest BCUT2D eigenvalue weighted by Gasteiger charge is -2.35. The lowest BCUT2D eigenvalue weighted by atomic mass is 9.93. The van der Waals surface area contributed by atoms with Crippen LogP contribution in [0.4, 0.5) is 4.39 Å². The van der Waals surface area contributed by atoms with E-state index in [-0.39, 0.29) is 26.1 Å². The van der Waals surface area contributed by atoms with Crippen molar-refractivity contribution in [2.45, 2.75) is 44.3 Å². The summed E-state index contributed by atoms with van der Waals surface area (Å²) in [6.45, 7) is 3.47. The molecule has 0 aliphatic carbocycles. The average molecular weight is 577 g/mol. The molecule has 0 saturated heterocycles. The van der Waals surface area contributed by atoms with Crippen molar-refractivity contribution >= 4 is 17.7 Å². The molecule has 42 heavy (non-hydrogen) atoms. The van der Waals surface area contributed by atoms with E-state index in [1.54, 1.807) is 39.1 Å². The molecule has 0 radical (unpaired) electrons. The Bertz CT molecular complexity index is 1360. The van der Waals surface area contributed by atoms with Crippen LogP contribution in [0, 0.1) is 5.82 Å². The Morgan fingerprint density at radius 3 is 2.05 bits per heavy atom. The molecular weight excluding hydrogens is 535 g/mol. The normalized spacial score (nSPS) is 12.7. The molecule has 0 fully saturated rings. The summed E-state index contributed by atoms with van der Waals surface area (Å²) in [5.74, 6) is -1.78. The first-order valence-electron chi connectivity index (χ1n) is 13.9. The number of nitrogens with two attached hydrogens (primary N) is 1. The Morgan fingerprint density at radius 1 is 0.857 bits per heavy atom. The highest BCUT2D eigenvalue weighted by Gasteiger charge is 2.35. The summed E-state index contributed by atoms with van der Waals surface area (Å²) in [7, 11) is 4.52.